The SMILES string of the molecule is COc1ccc(C(=O)CC2[C@](C)(O)CC[C@H]3C(C)(C)CCC[C@]23C)cc1OC. The van der Waals surface area contributed by atoms with Gasteiger partial charge in [0.05, 0.1) is 19.8 Å². The van der Waals surface area contributed by atoms with Crippen LogP contribution in [0.1, 0.15) is 76.6 Å². The molecular weight excluding hydrogens is 352 g/mol. The normalized spacial score (nSPS) is 34.4. The number of ether oxygens (including phenoxy) is 2. The molecule has 0 aromatic heterocycles. The van der Waals surface area contributed by atoms with Gasteiger partial charge in [0, 0.05) is 17.9 Å². The average molecular weight is 389 g/mol. The predicted molar refractivity (Wildman–Crippen MR) is 111 cm³/mol. The summed E-state index contributed by atoms with van der Waals surface area (Å²) in [7, 11) is 3.16. The van der Waals surface area contributed by atoms with E-state index >= 15 is 0 Å². The maximum absolute atomic E-state index is 13.2. The minimum atomic E-state index is -0.815. The Bertz CT molecular complexity index is 736. The monoisotopic (exact) mass is 388 g/mol. The van der Waals surface area contributed by atoms with E-state index < -0.39 is 5.60 Å². The lowest BCUT2D eigenvalue weighted by Gasteiger charge is -2.61. The molecule has 0 radical (unpaired) electrons. The van der Waals surface area contributed by atoms with E-state index in [-0.39, 0.29) is 22.5 Å². The highest BCUT2D eigenvalue weighted by atomic mass is 16.5. The molecule has 4 nitrogen and oxygen atoms in total. The van der Waals surface area contributed by atoms with Crippen molar-refractivity contribution in [1.82, 2.24) is 0 Å². The van der Waals surface area contributed by atoms with Gasteiger partial charge in [0.2, 0.25) is 0 Å². The Morgan fingerprint density at radius 3 is 2.39 bits per heavy atom. The van der Waals surface area contributed by atoms with Crippen molar-refractivity contribution in [3.63, 3.8) is 0 Å². The molecule has 0 spiro atoms. The zero-order valence-electron chi connectivity index (χ0n) is 18.3. The van der Waals surface area contributed by atoms with E-state index in [1.807, 2.05) is 6.92 Å². The molecule has 0 bridgehead atoms. The summed E-state index contributed by atoms with van der Waals surface area (Å²) in [4.78, 5) is 13.2. The molecule has 1 aromatic rings. The van der Waals surface area contributed by atoms with Gasteiger partial charge in [-0.2, -0.15) is 0 Å². The fourth-order valence-electron chi connectivity index (χ4n) is 6.39. The second kappa shape index (κ2) is 7.37. The molecule has 28 heavy (non-hydrogen) atoms. The van der Waals surface area contributed by atoms with Gasteiger partial charge in [-0.05, 0) is 67.6 Å². The standard InChI is InChI=1S/C24H36O4/c1-22(2)11-7-12-23(3)20(22)10-13-24(4,26)21(23)15-17(25)16-8-9-18(27-5)19(14-16)28-6/h8-9,14,20-21,26H,7,10-13,15H2,1-6H3/t20-,21?,23-,24+/m0/s1. The Morgan fingerprint density at radius 1 is 1.07 bits per heavy atom. The molecule has 0 amide bonds. The van der Waals surface area contributed by atoms with Gasteiger partial charge in [0.25, 0.3) is 0 Å². The first-order chi connectivity index (χ1) is 13.0. The number of aliphatic hydroxyl groups is 1. The molecule has 0 heterocycles. The van der Waals surface area contributed by atoms with Crippen LogP contribution in [0, 0.1) is 22.7 Å². The Labute approximate surface area is 169 Å². The Kier molecular flexibility index (Phi) is 5.57. The van der Waals surface area contributed by atoms with Crippen molar-refractivity contribution < 1.29 is 19.4 Å². The highest BCUT2D eigenvalue weighted by molar-refractivity contribution is 5.97. The third-order valence-electron chi connectivity index (χ3n) is 7.86. The molecule has 1 aromatic carbocycles. The molecule has 2 saturated carbocycles. The second-order valence-corrected chi connectivity index (χ2v) is 10.0. The van der Waals surface area contributed by atoms with Gasteiger partial charge >= 0.3 is 0 Å². The third-order valence-corrected chi connectivity index (χ3v) is 7.86. The van der Waals surface area contributed by atoms with Crippen molar-refractivity contribution in [3.8, 4) is 11.5 Å². The lowest BCUT2D eigenvalue weighted by atomic mass is 9.45. The first kappa shape index (κ1) is 21.2. The van der Waals surface area contributed by atoms with Crippen LogP contribution in [-0.4, -0.2) is 30.7 Å². The number of methoxy groups -OCH3 is 2. The number of carbonyl (C=O) groups excluding carboxylic acids is 1. The number of hydrogen-bond acceptors (Lipinski definition) is 4. The molecule has 2 fully saturated rings. The number of Topliss-reactive ketones (excluding diaryl/α,β-unsaturated/α-hetero) is 1. The molecule has 1 N–H and O–H groups in total. The van der Waals surface area contributed by atoms with Gasteiger partial charge < -0.3 is 14.6 Å². The van der Waals surface area contributed by atoms with Crippen molar-refractivity contribution in [1.29, 1.82) is 0 Å². The van der Waals surface area contributed by atoms with Crippen molar-refractivity contribution in [3.05, 3.63) is 23.8 Å². The van der Waals surface area contributed by atoms with Crippen molar-refractivity contribution in [2.24, 2.45) is 22.7 Å². The highest BCUT2D eigenvalue weighted by Gasteiger charge is 2.58. The fourth-order valence-corrected chi connectivity index (χ4v) is 6.39. The topological polar surface area (TPSA) is 55.8 Å². The van der Waals surface area contributed by atoms with Crippen molar-refractivity contribution in [2.75, 3.05) is 14.2 Å². The fraction of sp³-hybridized carbons (Fsp3) is 0.708. The lowest BCUT2D eigenvalue weighted by Crippen LogP contribution is -2.58. The van der Waals surface area contributed by atoms with Crippen LogP contribution in [-0.2, 0) is 0 Å². The summed E-state index contributed by atoms with van der Waals surface area (Å²) in [5.41, 5.74) is 0.0450. The van der Waals surface area contributed by atoms with Crippen LogP contribution in [0.2, 0.25) is 0 Å². The van der Waals surface area contributed by atoms with Crippen LogP contribution in [0.25, 0.3) is 0 Å². The number of hydrogen-bond donors (Lipinski definition) is 1. The van der Waals surface area contributed by atoms with E-state index in [4.69, 9.17) is 9.47 Å². The van der Waals surface area contributed by atoms with Crippen LogP contribution in [0.15, 0.2) is 18.2 Å². The Balaban J connectivity index is 1.91. The summed E-state index contributed by atoms with van der Waals surface area (Å²) in [6, 6.07) is 5.33. The summed E-state index contributed by atoms with van der Waals surface area (Å²) in [6.45, 7) is 8.98. The number of rotatable bonds is 5. The summed E-state index contributed by atoms with van der Waals surface area (Å²) >= 11 is 0. The van der Waals surface area contributed by atoms with Gasteiger partial charge in [-0.15, -0.1) is 0 Å². The van der Waals surface area contributed by atoms with E-state index in [1.54, 1.807) is 32.4 Å². The Morgan fingerprint density at radius 2 is 1.75 bits per heavy atom. The molecule has 4 heteroatoms. The zero-order valence-corrected chi connectivity index (χ0v) is 18.3. The number of carbonyl (C=O) groups is 1. The lowest BCUT2D eigenvalue weighted by molar-refractivity contribution is -0.165. The van der Waals surface area contributed by atoms with E-state index in [2.05, 4.69) is 20.8 Å². The number of fused-ring (bicyclic) bond motifs is 1. The first-order valence-corrected chi connectivity index (χ1v) is 10.5. The molecule has 156 valence electrons. The van der Waals surface area contributed by atoms with Crippen LogP contribution >= 0.6 is 0 Å². The number of ketones is 1. The van der Waals surface area contributed by atoms with E-state index in [0.717, 1.165) is 25.7 Å². The minimum absolute atomic E-state index is 0.0181. The van der Waals surface area contributed by atoms with Crippen LogP contribution in [0.4, 0.5) is 0 Å². The molecule has 1 unspecified atom stereocenters. The molecule has 2 aliphatic carbocycles. The van der Waals surface area contributed by atoms with Gasteiger partial charge in [-0.3, -0.25) is 4.79 Å². The minimum Gasteiger partial charge on any atom is -0.493 e. The first-order valence-electron chi connectivity index (χ1n) is 10.5. The van der Waals surface area contributed by atoms with Crippen molar-refractivity contribution >= 4 is 5.78 Å². The van der Waals surface area contributed by atoms with Gasteiger partial charge in [-0.25, -0.2) is 0 Å². The van der Waals surface area contributed by atoms with Gasteiger partial charge in [0.15, 0.2) is 17.3 Å². The van der Waals surface area contributed by atoms with E-state index in [9.17, 15) is 9.90 Å². The summed E-state index contributed by atoms with van der Waals surface area (Å²) in [5, 5.41) is 11.3. The largest absolute Gasteiger partial charge is 0.493 e. The molecular formula is C24H36O4. The maximum Gasteiger partial charge on any atom is 0.163 e. The molecule has 2 aliphatic rings. The van der Waals surface area contributed by atoms with Gasteiger partial charge in [-0.1, -0.05) is 27.2 Å². The second-order valence-electron chi connectivity index (χ2n) is 10.0. The van der Waals surface area contributed by atoms with Gasteiger partial charge in [0.1, 0.15) is 0 Å². The Hall–Kier alpha value is -1.55. The summed E-state index contributed by atoms with van der Waals surface area (Å²) < 4.78 is 10.7. The summed E-state index contributed by atoms with van der Waals surface area (Å²) in [6.07, 6.45) is 5.65. The van der Waals surface area contributed by atoms with Crippen LogP contribution in [0.3, 0.4) is 0 Å². The number of benzene rings is 1. The smallest absolute Gasteiger partial charge is 0.163 e. The quantitative estimate of drug-likeness (QED) is 0.698. The van der Waals surface area contributed by atoms with E-state index in [1.165, 1.54) is 6.42 Å². The van der Waals surface area contributed by atoms with E-state index in [0.29, 0.717) is 29.4 Å². The average Bonchev–Trinajstić information content (AvgIpc) is 2.63. The molecule has 0 saturated heterocycles. The zero-order chi connectivity index (χ0) is 20.7. The summed E-state index contributed by atoms with van der Waals surface area (Å²) in [5.74, 6) is 1.74. The maximum atomic E-state index is 13.2. The van der Waals surface area contributed by atoms with Crippen LogP contribution < -0.4 is 9.47 Å². The molecule has 3 rings (SSSR count). The predicted octanol–water partition coefficient (Wildman–Crippen LogP) is 5.27. The molecule has 0 aliphatic heterocycles. The third kappa shape index (κ3) is 3.56. The van der Waals surface area contributed by atoms with Crippen molar-refractivity contribution in [2.45, 2.75) is 71.8 Å². The van der Waals surface area contributed by atoms with Crippen LogP contribution in [0.5, 0.6) is 11.5 Å². The molecule has 4 atom stereocenters. The highest BCUT2D eigenvalue weighted by Crippen LogP contribution is 2.62.